The van der Waals surface area contributed by atoms with Gasteiger partial charge >= 0.3 is 0 Å². The summed E-state index contributed by atoms with van der Waals surface area (Å²) in [5.74, 6) is 0.440. The van der Waals surface area contributed by atoms with Gasteiger partial charge in [0.1, 0.15) is 0 Å². The Morgan fingerprint density at radius 3 is 2.71 bits per heavy atom. The molecular formula is C11H22N2O. The maximum atomic E-state index is 11.8. The minimum absolute atomic E-state index is 0.198. The molecule has 1 heterocycles. The van der Waals surface area contributed by atoms with Crippen LogP contribution in [0.4, 0.5) is 0 Å². The SMILES string of the molecule is CCC(CC)NC(=O)[C@H]1CCCNC1. The molecule has 14 heavy (non-hydrogen) atoms. The van der Waals surface area contributed by atoms with Gasteiger partial charge in [-0.1, -0.05) is 13.8 Å². The van der Waals surface area contributed by atoms with Crippen molar-refractivity contribution < 1.29 is 4.79 Å². The first-order valence-corrected chi connectivity index (χ1v) is 5.79. The van der Waals surface area contributed by atoms with E-state index in [0.29, 0.717) is 6.04 Å². The highest BCUT2D eigenvalue weighted by Crippen LogP contribution is 2.10. The standard InChI is InChI=1S/C11H22N2O/c1-3-10(4-2)13-11(14)9-6-5-7-12-8-9/h9-10,12H,3-8H2,1-2H3,(H,13,14)/t9-/m0/s1. The first-order valence-electron chi connectivity index (χ1n) is 5.79. The Bertz CT molecular complexity index is 172. The zero-order chi connectivity index (χ0) is 10.4. The summed E-state index contributed by atoms with van der Waals surface area (Å²) in [5.41, 5.74) is 0. The monoisotopic (exact) mass is 198 g/mol. The van der Waals surface area contributed by atoms with Crippen LogP contribution in [0.2, 0.25) is 0 Å². The molecule has 1 saturated heterocycles. The van der Waals surface area contributed by atoms with E-state index < -0.39 is 0 Å². The van der Waals surface area contributed by atoms with Crippen LogP contribution in [0.5, 0.6) is 0 Å². The predicted octanol–water partition coefficient (Wildman–Crippen LogP) is 1.29. The average molecular weight is 198 g/mol. The molecule has 0 aromatic heterocycles. The largest absolute Gasteiger partial charge is 0.353 e. The minimum atomic E-state index is 0.198. The Morgan fingerprint density at radius 2 is 2.21 bits per heavy atom. The van der Waals surface area contributed by atoms with Crippen LogP contribution in [0.15, 0.2) is 0 Å². The Morgan fingerprint density at radius 1 is 1.50 bits per heavy atom. The minimum Gasteiger partial charge on any atom is -0.353 e. The fraction of sp³-hybridized carbons (Fsp3) is 0.909. The Kier molecular flexibility index (Phi) is 4.94. The van der Waals surface area contributed by atoms with Gasteiger partial charge in [-0.05, 0) is 32.2 Å². The van der Waals surface area contributed by atoms with E-state index in [4.69, 9.17) is 0 Å². The summed E-state index contributed by atoms with van der Waals surface area (Å²) in [6.45, 7) is 6.15. The Hall–Kier alpha value is -0.570. The second-order valence-electron chi connectivity index (χ2n) is 4.07. The fourth-order valence-corrected chi connectivity index (χ4v) is 1.89. The van der Waals surface area contributed by atoms with Crippen LogP contribution in [-0.2, 0) is 4.79 Å². The lowest BCUT2D eigenvalue weighted by atomic mass is 9.98. The molecule has 1 aliphatic heterocycles. The van der Waals surface area contributed by atoms with Gasteiger partial charge in [-0.2, -0.15) is 0 Å². The fourth-order valence-electron chi connectivity index (χ4n) is 1.89. The summed E-state index contributed by atoms with van der Waals surface area (Å²) in [7, 11) is 0. The summed E-state index contributed by atoms with van der Waals surface area (Å²) in [6, 6.07) is 0.365. The van der Waals surface area contributed by atoms with Crippen LogP contribution in [0.1, 0.15) is 39.5 Å². The van der Waals surface area contributed by atoms with E-state index >= 15 is 0 Å². The molecule has 0 radical (unpaired) electrons. The third kappa shape index (κ3) is 3.29. The molecule has 1 amide bonds. The van der Waals surface area contributed by atoms with E-state index in [2.05, 4.69) is 24.5 Å². The second kappa shape index (κ2) is 6.02. The number of carbonyl (C=O) groups is 1. The molecule has 0 unspecified atom stereocenters. The van der Waals surface area contributed by atoms with Gasteiger partial charge in [0.15, 0.2) is 0 Å². The van der Waals surface area contributed by atoms with Gasteiger partial charge < -0.3 is 10.6 Å². The highest BCUT2D eigenvalue weighted by atomic mass is 16.1. The topological polar surface area (TPSA) is 41.1 Å². The first kappa shape index (κ1) is 11.5. The van der Waals surface area contributed by atoms with Crippen LogP contribution in [0.3, 0.4) is 0 Å². The highest BCUT2D eigenvalue weighted by molar-refractivity contribution is 5.79. The molecule has 3 nitrogen and oxygen atoms in total. The lowest BCUT2D eigenvalue weighted by molar-refractivity contribution is -0.126. The molecule has 82 valence electrons. The van der Waals surface area contributed by atoms with Gasteiger partial charge in [-0.15, -0.1) is 0 Å². The molecule has 0 aromatic carbocycles. The number of piperidine rings is 1. The summed E-state index contributed by atoms with van der Waals surface area (Å²) >= 11 is 0. The van der Waals surface area contributed by atoms with Crippen LogP contribution >= 0.6 is 0 Å². The molecule has 3 heteroatoms. The molecule has 0 aliphatic carbocycles. The number of carbonyl (C=O) groups excluding carboxylic acids is 1. The van der Waals surface area contributed by atoms with Gasteiger partial charge in [0.05, 0.1) is 5.92 Å². The van der Waals surface area contributed by atoms with Gasteiger partial charge in [0, 0.05) is 12.6 Å². The summed E-state index contributed by atoms with van der Waals surface area (Å²) in [5, 5.41) is 6.37. The quantitative estimate of drug-likeness (QED) is 0.714. The van der Waals surface area contributed by atoms with Crippen molar-refractivity contribution in [3.8, 4) is 0 Å². The van der Waals surface area contributed by atoms with Gasteiger partial charge in [-0.25, -0.2) is 0 Å². The second-order valence-corrected chi connectivity index (χ2v) is 4.07. The van der Waals surface area contributed by atoms with Gasteiger partial charge in [0.2, 0.25) is 5.91 Å². The number of rotatable bonds is 4. The third-order valence-corrected chi connectivity index (χ3v) is 3.00. The van der Waals surface area contributed by atoms with Crippen LogP contribution in [0.25, 0.3) is 0 Å². The van der Waals surface area contributed by atoms with Crippen molar-refractivity contribution in [2.24, 2.45) is 5.92 Å². The lowest BCUT2D eigenvalue weighted by Crippen LogP contribution is -2.44. The normalized spacial score (nSPS) is 22.4. The Labute approximate surface area is 86.6 Å². The molecule has 1 aliphatic rings. The molecule has 1 fully saturated rings. The van der Waals surface area contributed by atoms with E-state index in [0.717, 1.165) is 38.8 Å². The summed E-state index contributed by atoms with van der Waals surface area (Å²) in [6.07, 6.45) is 4.23. The maximum absolute atomic E-state index is 11.8. The third-order valence-electron chi connectivity index (χ3n) is 3.00. The molecular weight excluding hydrogens is 176 g/mol. The first-order chi connectivity index (χ1) is 6.77. The van der Waals surface area contributed by atoms with E-state index in [1.165, 1.54) is 0 Å². The summed E-state index contributed by atoms with van der Waals surface area (Å²) < 4.78 is 0. The summed E-state index contributed by atoms with van der Waals surface area (Å²) in [4.78, 5) is 11.8. The van der Waals surface area contributed by atoms with Gasteiger partial charge in [0.25, 0.3) is 0 Å². The van der Waals surface area contributed by atoms with Crippen molar-refractivity contribution in [2.45, 2.75) is 45.6 Å². The zero-order valence-corrected chi connectivity index (χ0v) is 9.31. The van der Waals surface area contributed by atoms with E-state index in [9.17, 15) is 4.79 Å². The smallest absolute Gasteiger partial charge is 0.224 e. The Balaban J connectivity index is 2.32. The van der Waals surface area contributed by atoms with Crippen molar-refractivity contribution >= 4 is 5.91 Å². The number of amides is 1. The average Bonchev–Trinajstić information content (AvgIpc) is 2.26. The van der Waals surface area contributed by atoms with Crippen LogP contribution in [-0.4, -0.2) is 25.0 Å². The van der Waals surface area contributed by atoms with E-state index in [1.807, 2.05) is 0 Å². The predicted molar refractivity (Wildman–Crippen MR) is 58.1 cm³/mol. The molecule has 2 N–H and O–H groups in total. The molecule has 1 atom stereocenters. The van der Waals surface area contributed by atoms with Crippen molar-refractivity contribution in [1.29, 1.82) is 0 Å². The lowest BCUT2D eigenvalue weighted by Gasteiger charge is -2.24. The van der Waals surface area contributed by atoms with Crippen LogP contribution < -0.4 is 10.6 Å². The number of hydrogen-bond acceptors (Lipinski definition) is 2. The molecule has 0 spiro atoms. The van der Waals surface area contributed by atoms with Crippen molar-refractivity contribution in [2.75, 3.05) is 13.1 Å². The molecule has 0 aromatic rings. The van der Waals surface area contributed by atoms with E-state index in [-0.39, 0.29) is 11.8 Å². The molecule has 0 saturated carbocycles. The van der Waals surface area contributed by atoms with E-state index in [1.54, 1.807) is 0 Å². The van der Waals surface area contributed by atoms with Crippen molar-refractivity contribution in [3.05, 3.63) is 0 Å². The maximum Gasteiger partial charge on any atom is 0.224 e. The molecule has 1 rings (SSSR count). The zero-order valence-electron chi connectivity index (χ0n) is 9.31. The molecule has 0 bridgehead atoms. The van der Waals surface area contributed by atoms with Crippen LogP contribution in [0, 0.1) is 5.92 Å². The van der Waals surface area contributed by atoms with Gasteiger partial charge in [-0.3, -0.25) is 4.79 Å². The highest BCUT2D eigenvalue weighted by Gasteiger charge is 2.21. The van der Waals surface area contributed by atoms with Crippen molar-refractivity contribution in [1.82, 2.24) is 10.6 Å². The number of hydrogen-bond donors (Lipinski definition) is 2. The number of nitrogens with one attached hydrogen (secondary N) is 2. The van der Waals surface area contributed by atoms with Crippen molar-refractivity contribution in [3.63, 3.8) is 0 Å².